The predicted octanol–water partition coefficient (Wildman–Crippen LogP) is 1.03. The molecule has 0 N–H and O–H groups in total. The second-order valence-electron chi connectivity index (χ2n) is 3.17. The van der Waals surface area contributed by atoms with Gasteiger partial charge in [0.05, 0.1) is 4.80 Å². The fourth-order valence-corrected chi connectivity index (χ4v) is 1.31. The highest BCUT2D eigenvalue weighted by Gasteiger charge is 2.11. The van der Waals surface area contributed by atoms with Crippen molar-refractivity contribution in [2.45, 2.75) is 0 Å². The first kappa shape index (κ1) is 10.7. The molecule has 0 unspecified atom stereocenters. The van der Waals surface area contributed by atoms with Gasteiger partial charge in [-0.15, -0.1) is 0 Å². The molecule has 0 saturated heterocycles. The molecule has 80 valence electrons. The minimum atomic E-state index is -0.162. The van der Waals surface area contributed by atoms with E-state index in [2.05, 4.69) is 10.2 Å². The van der Waals surface area contributed by atoms with Gasteiger partial charge in [-0.3, -0.25) is 0 Å². The highest BCUT2D eigenvalue weighted by atomic mass is 15.4. The maximum atomic E-state index is 8.66. The average Bonchev–Trinajstić information content (AvgIpc) is 2.42. The van der Waals surface area contributed by atoms with Gasteiger partial charge in [0.1, 0.15) is 12.4 Å². The van der Waals surface area contributed by atoms with Gasteiger partial charge < -0.3 is 5.41 Å². The highest BCUT2D eigenvalue weighted by Crippen LogP contribution is 2.14. The Bertz CT molecular complexity index is 604. The Morgan fingerprint density at radius 2 is 1.76 bits per heavy atom. The lowest BCUT2D eigenvalue weighted by molar-refractivity contribution is -0.702. The van der Waals surface area contributed by atoms with Crippen molar-refractivity contribution in [1.82, 2.24) is 10.2 Å². The Balaban J connectivity index is 2.38. The van der Waals surface area contributed by atoms with Crippen LogP contribution in [0.2, 0.25) is 0 Å². The minimum Gasteiger partial charge on any atom is -0.757 e. The zero-order valence-corrected chi connectivity index (χ0v) is 8.78. The summed E-state index contributed by atoms with van der Waals surface area (Å²) >= 11 is 0. The number of hydrogen-bond donors (Lipinski definition) is 0. The number of nitriles is 1. The molecule has 0 aliphatic heterocycles. The molecule has 0 aliphatic rings. The summed E-state index contributed by atoms with van der Waals surface area (Å²) in [5, 5.41) is 25.2. The molecule has 0 spiro atoms. The number of hydrogen-bond acceptors (Lipinski definition) is 3. The zero-order chi connectivity index (χ0) is 12.1. The minimum absolute atomic E-state index is 0.162. The normalized spacial score (nSPS) is 9.12. The molecule has 5 heteroatoms. The topological polar surface area (TPSA) is 75.8 Å². The fraction of sp³-hybridized carbons (Fsp3) is 0. The van der Waals surface area contributed by atoms with Crippen LogP contribution in [0.4, 0.5) is 0 Å². The van der Waals surface area contributed by atoms with E-state index in [0.717, 1.165) is 15.9 Å². The van der Waals surface area contributed by atoms with Gasteiger partial charge in [0, 0.05) is 15.8 Å². The van der Waals surface area contributed by atoms with E-state index in [1.165, 1.54) is 0 Å². The van der Waals surface area contributed by atoms with Crippen molar-refractivity contribution in [2.75, 3.05) is 0 Å². The van der Waals surface area contributed by atoms with E-state index in [1.54, 1.807) is 24.3 Å². The largest absolute Gasteiger partial charge is 0.757 e. The lowest BCUT2D eigenvalue weighted by Gasteiger charge is -1.96. The molecule has 0 aliphatic carbocycles. The molecule has 1 heterocycles. The quantitative estimate of drug-likeness (QED) is 0.432. The highest BCUT2D eigenvalue weighted by molar-refractivity contribution is 5.83. The zero-order valence-electron chi connectivity index (χ0n) is 8.78. The third-order valence-corrected chi connectivity index (χ3v) is 2.13. The van der Waals surface area contributed by atoms with Crippen molar-refractivity contribution in [3.8, 4) is 17.2 Å². The maximum Gasteiger partial charge on any atom is 0.364 e. The average molecular weight is 221 g/mol. The summed E-state index contributed by atoms with van der Waals surface area (Å²) < 4.78 is 0. The van der Waals surface area contributed by atoms with Crippen molar-refractivity contribution in [2.24, 2.45) is 0 Å². The first-order chi connectivity index (χ1) is 8.35. The third kappa shape index (κ3) is 2.23. The molecule has 1 aromatic carbocycles. The van der Waals surface area contributed by atoms with Crippen LogP contribution in [0, 0.1) is 11.3 Å². The Kier molecular flexibility index (Phi) is 3.01. The summed E-state index contributed by atoms with van der Waals surface area (Å²) in [6.07, 6.45) is 3.13. The number of nitrogens with zero attached hydrogens (tertiary/aromatic N) is 5. The number of benzene rings is 1. The molecule has 5 nitrogen and oxygen atoms in total. The van der Waals surface area contributed by atoms with E-state index >= 15 is 0 Å². The van der Waals surface area contributed by atoms with Gasteiger partial charge in [-0.25, -0.2) is 0 Å². The van der Waals surface area contributed by atoms with Gasteiger partial charge in [0.15, 0.2) is 6.07 Å². The summed E-state index contributed by atoms with van der Waals surface area (Å²) in [6.45, 7) is 0. The number of rotatable bonds is 2. The predicted molar refractivity (Wildman–Crippen MR) is 61.3 cm³/mol. The molecular formula is C12H7N5. The van der Waals surface area contributed by atoms with Crippen molar-refractivity contribution in [3.63, 3.8) is 0 Å². The maximum absolute atomic E-state index is 8.66. The van der Waals surface area contributed by atoms with Crippen molar-refractivity contribution in [1.29, 1.82) is 5.26 Å². The molecule has 0 atom stereocenters. The molecular weight excluding hydrogens is 214 g/mol. The van der Waals surface area contributed by atoms with E-state index in [-0.39, 0.29) is 5.70 Å². The van der Waals surface area contributed by atoms with Crippen LogP contribution in [0.25, 0.3) is 22.2 Å². The van der Waals surface area contributed by atoms with Gasteiger partial charge in [-0.1, -0.05) is 30.3 Å². The lowest BCUT2D eigenvalue weighted by Crippen LogP contribution is -2.40. The Morgan fingerprint density at radius 1 is 1.12 bits per heavy atom. The number of aromatic nitrogens is 3. The molecule has 2 aromatic rings. The summed E-state index contributed by atoms with van der Waals surface area (Å²) in [6, 6.07) is 11.3. The van der Waals surface area contributed by atoms with E-state index in [0.29, 0.717) is 0 Å². The number of allylic oxidation sites excluding steroid dienone is 1. The van der Waals surface area contributed by atoms with Crippen molar-refractivity contribution < 1.29 is 4.80 Å². The summed E-state index contributed by atoms with van der Waals surface area (Å²) in [5.41, 5.74) is 1.65. The van der Waals surface area contributed by atoms with Gasteiger partial charge in [0.2, 0.25) is 0 Å². The molecule has 2 rings (SSSR count). The third-order valence-electron chi connectivity index (χ3n) is 2.13. The SMILES string of the molecule is N#CC(=C=[N-])[n+]1ncc(-c2ccccc2)cn1. The monoisotopic (exact) mass is 221 g/mol. The summed E-state index contributed by atoms with van der Waals surface area (Å²) in [5.74, 6) is 1.72. The summed E-state index contributed by atoms with van der Waals surface area (Å²) in [4.78, 5) is 1.01. The molecule has 0 saturated carbocycles. The smallest absolute Gasteiger partial charge is 0.364 e. The van der Waals surface area contributed by atoms with E-state index in [4.69, 9.17) is 10.7 Å². The van der Waals surface area contributed by atoms with Crippen molar-refractivity contribution in [3.05, 3.63) is 48.1 Å². The standard InChI is InChI=1S/C12H7N5/c13-6-12(7-14)17-15-8-11(9-16-17)10-4-2-1-3-5-10/h1-5,8-9H. The fourth-order valence-electron chi connectivity index (χ4n) is 1.31. The molecule has 17 heavy (non-hydrogen) atoms. The van der Waals surface area contributed by atoms with Crippen LogP contribution in [0.1, 0.15) is 0 Å². The van der Waals surface area contributed by atoms with Gasteiger partial charge in [-0.05, 0) is 5.56 Å². The van der Waals surface area contributed by atoms with Crippen LogP contribution in [-0.4, -0.2) is 16.1 Å². The second kappa shape index (κ2) is 4.79. The Labute approximate surface area is 97.8 Å². The van der Waals surface area contributed by atoms with Crippen LogP contribution in [-0.2, 0) is 0 Å². The molecule has 0 fully saturated rings. The Morgan fingerprint density at radius 3 is 2.29 bits per heavy atom. The molecule has 1 aromatic heterocycles. The first-order valence-corrected chi connectivity index (χ1v) is 4.83. The Hall–Kier alpha value is -2.83. The molecule has 0 amide bonds. The lowest BCUT2D eigenvalue weighted by atomic mass is 10.1. The second-order valence-corrected chi connectivity index (χ2v) is 3.17. The van der Waals surface area contributed by atoms with E-state index in [9.17, 15) is 0 Å². The van der Waals surface area contributed by atoms with Gasteiger partial charge in [-0.2, -0.15) is 11.1 Å². The van der Waals surface area contributed by atoms with E-state index in [1.807, 2.05) is 30.3 Å². The van der Waals surface area contributed by atoms with E-state index < -0.39 is 0 Å². The van der Waals surface area contributed by atoms with Crippen LogP contribution in [0.15, 0.2) is 42.7 Å². The van der Waals surface area contributed by atoms with Crippen LogP contribution in [0.3, 0.4) is 0 Å². The molecule has 0 bridgehead atoms. The van der Waals surface area contributed by atoms with Crippen LogP contribution < -0.4 is 4.80 Å². The first-order valence-electron chi connectivity index (χ1n) is 4.83. The molecule has 0 radical (unpaired) electrons. The summed E-state index contributed by atoms with van der Waals surface area (Å²) in [7, 11) is 0. The van der Waals surface area contributed by atoms with Crippen LogP contribution >= 0.6 is 0 Å². The van der Waals surface area contributed by atoms with Gasteiger partial charge in [0.25, 0.3) is 0 Å². The van der Waals surface area contributed by atoms with Crippen LogP contribution in [0.5, 0.6) is 0 Å². The van der Waals surface area contributed by atoms with Gasteiger partial charge >= 0.3 is 5.70 Å². The van der Waals surface area contributed by atoms with Crippen molar-refractivity contribution >= 4 is 11.6 Å².